The molecule has 0 atom stereocenters. The number of nitrogens with two attached hydrogens (primary N) is 1. The first-order valence-electron chi connectivity index (χ1n) is 13.6. The van der Waals surface area contributed by atoms with Crippen LogP contribution in [0.4, 0.5) is 5.82 Å². The van der Waals surface area contributed by atoms with Crippen LogP contribution < -0.4 is 10.5 Å². The quantitative estimate of drug-likeness (QED) is 0.369. The molecule has 200 valence electrons. The molecule has 0 spiro atoms. The number of pyridine rings is 1. The highest BCUT2D eigenvalue weighted by Crippen LogP contribution is 2.29. The molecule has 2 aliphatic rings. The zero-order valence-electron chi connectivity index (χ0n) is 21.9. The molecule has 2 saturated heterocycles. The van der Waals surface area contributed by atoms with Crippen LogP contribution in [0.25, 0.3) is 22.5 Å². The van der Waals surface area contributed by atoms with E-state index in [-0.39, 0.29) is 12.5 Å². The van der Waals surface area contributed by atoms with E-state index in [4.69, 9.17) is 10.5 Å². The smallest absolute Gasteiger partial charge is 0.253 e. The van der Waals surface area contributed by atoms with Crippen molar-refractivity contribution in [2.75, 3.05) is 31.9 Å². The molecular weight excluding hydrogens is 490 g/mol. The number of nitrogens with zero attached hydrogens (tertiary/aromatic N) is 5. The van der Waals surface area contributed by atoms with E-state index in [0.29, 0.717) is 34.8 Å². The second kappa shape index (κ2) is 11.2. The number of aromatic nitrogens is 4. The van der Waals surface area contributed by atoms with E-state index in [2.05, 4.69) is 25.1 Å². The summed E-state index contributed by atoms with van der Waals surface area (Å²) in [5.74, 6) is 2.06. The fraction of sp³-hybridized carbons (Fsp3) is 0.333. The topological polar surface area (TPSA) is 113 Å². The molecule has 0 saturated carbocycles. The van der Waals surface area contributed by atoms with Gasteiger partial charge in [0.1, 0.15) is 6.61 Å². The number of nitrogens with one attached hydrogen (secondary N) is 1. The molecule has 2 fully saturated rings. The average Bonchev–Trinajstić information content (AvgIpc) is 3.70. The predicted molar refractivity (Wildman–Crippen MR) is 150 cm³/mol. The Labute approximate surface area is 228 Å². The van der Waals surface area contributed by atoms with Gasteiger partial charge in [0.25, 0.3) is 5.91 Å². The van der Waals surface area contributed by atoms with Gasteiger partial charge in [-0.05, 0) is 62.5 Å². The number of hydrogen-bond donors (Lipinski definition) is 2. The van der Waals surface area contributed by atoms with Gasteiger partial charge >= 0.3 is 0 Å². The Kier molecular flexibility index (Phi) is 7.23. The number of anilines is 1. The maximum Gasteiger partial charge on any atom is 0.253 e. The minimum absolute atomic E-state index is 0.0998. The summed E-state index contributed by atoms with van der Waals surface area (Å²) < 4.78 is 5.94. The standard InChI is InChI=1S/C30H33N7O2/c31-28-26(39-20-27-33-29(35-34-27)22-6-2-1-3-7-22)18-24(19-32-28)21-8-10-23(11-9-21)30(38)37-16-12-25(13-17-37)36-14-4-5-15-36/h1-3,6-11,18-19,25H,4-5,12-17,20H2,(H2,31,32)(H,33,34,35). The van der Waals surface area contributed by atoms with Gasteiger partial charge in [0.05, 0.1) is 0 Å². The van der Waals surface area contributed by atoms with Gasteiger partial charge < -0.3 is 20.3 Å². The van der Waals surface area contributed by atoms with E-state index in [1.807, 2.05) is 65.6 Å². The number of ether oxygens (including phenoxy) is 1. The van der Waals surface area contributed by atoms with Crippen molar-refractivity contribution in [1.82, 2.24) is 30.0 Å². The summed E-state index contributed by atoms with van der Waals surface area (Å²) in [4.78, 5) is 26.5. The molecule has 3 N–H and O–H groups in total. The largest absolute Gasteiger partial charge is 0.482 e. The van der Waals surface area contributed by atoms with Gasteiger partial charge in [0.2, 0.25) is 0 Å². The lowest BCUT2D eigenvalue weighted by molar-refractivity contribution is 0.0644. The van der Waals surface area contributed by atoms with Crippen molar-refractivity contribution < 1.29 is 9.53 Å². The van der Waals surface area contributed by atoms with Crippen LogP contribution in [-0.4, -0.2) is 68.1 Å². The molecule has 9 nitrogen and oxygen atoms in total. The molecule has 39 heavy (non-hydrogen) atoms. The molecule has 4 aromatic rings. The number of H-pyrrole nitrogens is 1. The third-order valence-electron chi connectivity index (χ3n) is 7.68. The second-order valence-corrected chi connectivity index (χ2v) is 10.2. The number of hydrogen-bond acceptors (Lipinski definition) is 7. The van der Waals surface area contributed by atoms with Crippen LogP contribution in [0, 0.1) is 0 Å². The molecule has 2 aliphatic heterocycles. The lowest BCUT2D eigenvalue weighted by atomic mass is 10.0. The molecule has 0 unspecified atom stereocenters. The van der Waals surface area contributed by atoms with Gasteiger partial charge in [-0.15, -0.1) is 0 Å². The number of benzene rings is 2. The Balaban J connectivity index is 1.08. The SMILES string of the molecule is Nc1ncc(-c2ccc(C(=O)N3CCC(N4CCCC4)CC3)cc2)cc1OCc1nc(-c2ccccc2)n[nH]1. The van der Waals surface area contributed by atoms with E-state index < -0.39 is 0 Å². The Bertz CT molecular complexity index is 1410. The van der Waals surface area contributed by atoms with Gasteiger partial charge in [-0.25, -0.2) is 9.97 Å². The van der Waals surface area contributed by atoms with Gasteiger partial charge in [0, 0.05) is 42.0 Å². The molecule has 1 amide bonds. The van der Waals surface area contributed by atoms with Crippen LogP contribution in [0.15, 0.2) is 66.9 Å². The van der Waals surface area contributed by atoms with Gasteiger partial charge in [0.15, 0.2) is 23.2 Å². The number of aromatic amines is 1. The van der Waals surface area contributed by atoms with Crippen molar-refractivity contribution >= 4 is 11.7 Å². The number of carbonyl (C=O) groups excluding carboxylic acids is 1. The lowest BCUT2D eigenvalue weighted by Crippen LogP contribution is -2.45. The molecule has 6 rings (SSSR count). The summed E-state index contributed by atoms with van der Waals surface area (Å²) in [7, 11) is 0. The third-order valence-corrected chi connectivity index (χ3v) is 7.68. The first kappa shape index (κ1) is 25.1. The Morgan fingerprint density at radius 2 is 1.69 bits per heavy atom. The summed E-state index contributed by atoms with van der Waals surface area (Å²) in [5.41, 5.74) is 9.51. The number of likely N-dealkylation sites (tertiary alicyclic amines) is 2. The van der Waals surface area contributed by atoms with Crippen LogP contribution >= 0.6 is 0 Å². The fourth-order valence-corrected chi connectivity index (χ4v) is 5.48. The minimum atomic E-state index is 0.0998. The number of carbonyl (C=O) groups is 1. The minimum Gasteiger partial charge on any atom is -0.482 e. The lowest BCUT2D eigenvalue weighted by Gasteiger charge is -2.36. The molecule has 4 heterocycles. The maximum atomic E-state index is 13.1. The molecule has 0 bridgehead atoms. The highest BCUT2D eigenvalue weighted by Gasteiger charge is 2.28. The van der Waals surface area contributed by atoms with E-state index in [0.717, 1.165) is 42.6 Å². The van der Waals surface area contributed by atoms with Gasteiger partial charge in [-0.2, -0.15) is 5.10 Å². The molecule has 9 heteroatoms. The van der Waals surface area contributed by atoms with Crippen molar-refractivity contribution in [3.63, 3.8) is 0 Å². The first-order chi connectivity index (χ1) is 19.1. The summed E-state index contributed by atoms with van der Waals surface area (Å²) in [6, 6.07) is 19.9. The Morgan fingerprint density at radius 1 is 0.949 bits per heavy atom. The molecule has 2 aromatic carbocycles. The average molecular weight is 524 g/mol. The van der Waals surface area contributed by atoms with Gasteiger partial charge in [-0.1, -0.05) is 42.5 Å². The Morgan fingerprint density at radius 3 is 2.44 bits per heavy atom. The highest BCUT2D eigenvalue weighted by atomic mass is 16.5. The van der Waals surface area contributed by atoms with Crippen LogP contribution in [0.3, 0.4) is 0 Å². The Hall–Kier alpha value is -4.24. The van der Waals surface area contributed by atoms with Crippen LogP contribution in [0.5, 0.6) is 5.75 Å². The number of rotatable bonds is 7. The summed E-state index contributed by atoms with van der Waals surface area (Å²) in [6.07, 6.45) is 6.44. The zero-order valence-corrected chi connectivity index (χ0v) is 21.9. The normalized spacial score (nSPS) is 16.5. The molecular formula is C30H33N7O2. The van der Waals surface area contributed by atoms with Crippen molar-refractivity contribution in [1.29, 1.82) is 0 Å². The monoisotopic (exact) mass is 523 g/mol. The van der Waals surface area contributed by atoms with Crippen LogP contribution in [0.1, 0.15) is 41.9 Å². The van der Waals surface area contributed by atoms with E-state index in [9.17, 15) is 4.79 Å². The summed E-state index contributed by atoms with van der Waals surface area (Å²) in [5, 5.41) is 7.18. The van der Waals surface area contributed by atoms with E-state index in [1.54, 1.807) is 6.20 Å². The first-order valence-corrected chi connectivity index (χ1v) is 13.6. The number of piperidine rings is 1. The van der Waals surface area contributed by atoms with Crippen LogP contribution in [0.2, 0.25) is 0 Å². The number of amides is 1. The molecule has 0 aliphatic carbocycles. The summed E-state index contributed by atoms with van der Waals surface area (Å²) >= 11 is 0. The highest BCUT2D eigenvalue weighted by molar-refractivity contribution is 5.94. The van der Waals surface area contributed by atoms with Crippen molar-refractivity contribution in [3.05, 3.63) is 78.2 Å². The molecule has 2 aromatic heterocycles. The van der Waals surface area contributed by atoms with Gasteiger partial charge in [-0.3, -0.25) is 9.89 Å². The van der Waals surface area contributed by atoms with Crippen molar-refractivity contribution in [2.24, 2.45) is 0 Å². The second-order valence-electron chi connectivity index (χ2n) is 10.2. The number of nitrogen functional groups attached to an aromatic ring is 1. The van der Waals surface area contributed by atoms with Crippen LogP contribution in [-0.2, 0) is 6.61 Å². The summed E-state index contributed by atoms with van der Waals surface area (Å²) in [6.45, 7) is 4.24. The van der Waals surface area contributed by atoms with E-state index in [1.165, 1.54) is 25.9 Å². The third kappa shape index (κ3) is 5.63. The fourth-order valence-electron chi connectivity index (χ4n) is 5.48. The van der Waals surface area contributed by atoms with Crippen molar-refractivity contribution in [2.45, 2.75) is 38.3 Å². The predicted octanol–water partition coefficient (Wildman–Crippen LogP) is 4.40. The maximum absolute atomic E-state index is 13.1. The van der Waals surface area contributed by atoms with Crippen molar-refractivity contribution in [3.8, 4) is 28.3 Å². The zero-order chi connectivity index (χ0) is 26.6. The molecule has 0 radical (unpaired) electrons. The van der Waals surface area contributed by atoms with E-state index >= 15 is 0 Å².